The van der Waals surface area contributed by atoms with Gasteiger partial charge in [-0.2, -0.15) is 13.2 Å². The van der Waals surface area contributed by atoms with Crippen molar-refractivity contribution >= 4 is 0 Å². The summed E-state index contributed by atoms with van der Waals surface area (Å²) < 4.78 is 40.4. The maximum atomic E-state index is 11.9. The van der Waals surface area contributed by atoms with E-state index < -0.39 is 12.8 Å². The summed E-state index contributed by atoms with van der Waals surface area (Å²) in [5, 5.41) is 0. The quantitative estimate of drug-likeness (QED) is 0.763. The van der Waals surface area contributed by atoms with Crippen LogP contribution in [0.3, 0.4) is 0 Å². The molecule has 0 bridgehead atoms. The molecule has 90 valence electrons. The zero-order valence-corrected chi connectivity index (χ0v) is 9.56. The van der Waals surface area contributed by atoms with E-state index in [1.807, 2.05) is 26.8 Å². The van der Waals surface area contributed by atoms with Crippen LogP contribution in [0.25, 0.3) is 0 Å². The zero-order chi connectivity index (χ0) is 12.3. The molecule has 16 heavy (non-hydrogen) atoms. The van der Waals surface area contributed by atoms with Gasteiger partial charge in [-0.15, -0.1) is 0 Å². The smallest absolute Gasteiger partial charge is 0.422 e. The van der Waals surface area contributed by atoms with Crippen LogP contribution in [0.15, 0.2) is 18.2 Å². The Hall–Kier alpha value is -1.19. The van der Waals surface area contributed by atoms with Crippen molar-refractivity contribution in [3.63, 3.8) is 0 Å². The molecule has 0 aliphatic heterocycles. The number of alkyl halides is 3. The number of benzene rings is 1. The van der Waals surface area contributed by atoms with Crippen molar-refractivity contribution in [3.8, 4) is 5.75 Å². The van der Waals surface area contributed by atoms with Crippen LogP contribution in [0.4, 0.5) is 13.2 Å². The number of rotatable bonds is 3. The normalized spacial score (nSPS) is 11.9. The molecule has 0 aromatic heterocycles. The lowest BCUT2D eigenvalue weighted by atomic mass is 9.98. The van der Waals surface area contributed by atoms with E-state index in [2.05, 4.69) is 4.74 Å². The van der Waals surface area contributed by atoms with Crippen molar-refractivity contribution < 1.29 is 17.9 Å². The van der Waals surface area contributed by atoms with Crippen LogP contribution in [0.5, 0.6) is 5.75 Å². The van der Waals surface area contributed by atoms with Crippen molar-refractivity contribution in [2.75, 3.05) is 6.61 Å². The molecule has 0 saturated carbocycles. The first-order valence-electron chi connectivity index (χ1n) is 5.09. The lowest BCUT2D eigenvalue weighted by Gasteiger charge is -2.13. The molecule has 0 fully saturated rings. The first-order chi connectivity index (χ1) is 7.29. The summed E-state index contributed by atoms with van der Waals surface area (Å²) in [4.78, 5) is 0. The van der Waals surface area contributed by atoms with E-state index in [0.717, 1.165) is 11.1 Å². The van der Waals surface area contributed by atoms with Crippen LogP contribution in [0.1, 0.15) is 30.9 Å². The van der Waals surface area contributed by atoms with Crippen LogP contribution in [-0.2, 0) is 0 Å². The van der Waals surface area contributed by atoms with Crippen LogP contribution in [-0.4, -0.2) is 12.8 Å². The number of hydrogen-bond donors (Lipinski definition) is 0. The van der Waals surface area contributed by atoms with Gasteiger partial charge in [0.2, 0.25) is 0 Å². The van der Waals surface area contributed by atoms with Gasteiger partial charge in [-0.05, 0) is 36.1 Å². The molecular formula is C12H15F3O. The van der Waals surface area contributed by atoms with E-state index in [0.29, 0.717) is 5.92 Å². The van der Waals surface area contributed by atoms with E-state index in [-0.39, 0.29) is 5.75 Å². The highest BCUT2D eigenvalue weighted by atomic mass is 19.4. The maximum absolute atomic E-state index is 11.9. The molecule has 1 aromatic carbocycles. The van der Waals surface area contributed by atoms with Crippen molar-refractivity contribution in [2.45, 2.75) is 32.9 Å². The summed E-state index contributed by atoms with van der Waals surface area (Å²) in [6.07, 6.45) is -4.29. The van der Waals surface area contributed by atoms with Gasteiger partial charge in [-0.25, -0.2) is 0 Å². The second-order valence-corrected chi connectivity index (χ2v) is 4.08. The first-order valence-corrected chi connectivity index (χ1v) is 5.09. The third kappa shape index (κ3) is 3.76. The highest BCUT2D eigenvalue weighted by Crippen LogP contribution is 2.24. The largest absolute Gasteiger partial charge is 0.484 e. The highest BCUT2D eigenvalue weighted by molar-refractivity contribution is 5.36. The van der Waals surface area contributed by atoms with Crippen molar-refractivity contribution in [3.05, 3.63) is 29.3 Å². The van der Waals surface area contributed by atoms with Gasteiger partial charge in [-0.3, -0.25) is 0 Å². The standard InChI is InChI=1S/C12H15F3O/c1-8(2)11-5-4-10(6-9(11)3)16-7-12(13,14)15/h4-6,8H,7H2,1-3H3. The molecule has 0 saturated heterocycles. The Morgan fingerprint density at radius 3 is 2.31 bits per heavy atom. The first kappa shape index (κ1) is 12.9. The molecule has 0 heterocycles. The van der Waals surface area contributed by atoms with E-state index in [1.165, 1.54) is 0 Å². The topological polar surface area (TPSA) is 9.23 Å². The Labute approximate surface area is 93.2 Å². The molecule has 0 atom stereocenters. The second kappa shape index (κ2) is 4.76. The minimum Gasteiger partial charge on any atom is -0.484 e. The van der Waals surface area contributed by atoms with Crippen LogP contribution >= 0.6 is 0 Å². The molecule has 0 spiro atoms. The number of hydrogen-bond acceptors (Lipinski definition) is 1. The Morgan fingerprint density at radius 2 is 1.88 bits per heavy atom. The molecule has 0 amide bonds. The molecule has 1 rings (SSSR count). The van der Waals surface area contributed by atoms with Crippen LogP contribution in [0.2, 0.25) is 0 Å². The van der Waals surface area contributed by atoms with Gasteiger partial charge in [0.25, 0.3) is 0 Å². The maximum Gasteiger partial charge on any atom is 0.422 e. The lowest BCUT2D eigenvalue weighted by molar-refractivity contribution is -0.153. The monoisotopic (exact) mass is 232 g/mol. The van der Waals surface area contributed by atoms with Gasteiger partial charge < -0.3 is 4.74 Å². The molecule has 4 heteroatoms. The lowest BCUT2D eigenvalue weighted by Crippen LogP contribution is -2.19. The van der Waals surface area contributed by atoms with Gasteiger partial charge in [-0.1, -0.05) is 19.9 Å². The SMILES string of the molecule is Cc1cc(OCC(F)(F)F)ccc1C(C)C. The van der Waals surface area contributed by atoms with E-state index in [4.69, 9.17) is 0 Å². The molecule has 0 aliphatic carbocycles. The molecule has 0 radical (unpaired) electrons. The summed E-state index contributed by atoms with van der Waals surface area (Å²) in [7, 11) is 0. The minimum atomic E-state index is -4.29. The predicted molar refractivity (Wildman–Crippen MR) is 56.8 cm³/mol. The molecule has 0 unspecified atom stereocenters. The summed E-state index contributed by atoms with van der Waals surface area (Å²) >= 11 is 0. The zero-order valence-electron chi connectivity index (χ0n) is 9.56. The average molecular weight is 232 g/mol. The summed E-state index contributed by atoms with van der Waals surface area (Å²) in [5.41, 5.74) is 2.08. The van der Waals surface area contributed by atoms with E-state index >= 15 is 0 Å². The van der Waals surface area contributed by atoms with Gasteiger partial charge in [0.1, 0.15) is 5.75 Å². The molecular weight excluding hydrogens is 217 g/mol. The fourth-order valence-electron chi connectivity index (χ4n) is 1.55. The molecule has 0 N–H and O–H groups in total. The van der Waals surface area contributed by atoms with Crippen molar-refractivity contribution in [2.24, 2.45) is 0 Å². The number of halogens is 3. The van der Waals surface area contributed by atoms with Gasteiger partial charge in [0.05, 0.1) is 0 Å². The van der Waals surface area contributed by atoms with E-state index in [1.54, 1.807) is 12.1 Å². The van der Waals surface area contributed by atoms with Crippen molar-refractivity contribution in [1.82, 2.24) is 0 Å². The third-order valence-corrected chi connectivity index (χ3v) is 2.27. The predicted octanol–water partition coefficient (Wildman–Crippen LogP) is 4.06. The Kier molecular flexibility index (Phi) is 3.83. The third-order valence-electron chi connectivity index (χ3n) is 2.27. The molecule has 0 aliphatic rings. The summed E-state index contributed by atoms with van der Waals surface area (Å²) in [6.45, 7) is 4.71. The van der Waals surface area contributed by atoms with E-state index in [9.17, 15) is 13.2 Å². The molecule has 1 nitrogen and oxygen atoms in total. The number of aryl methyl sites for hydroxylation is 1. The Bertz CT molecular complexity index is 356. The second-order valence-electron chi connectivity index (χ2n) is 4.08. The fraction of sp³-hybridized carbons (Fsp3) is 0.500. The van der Waals surface area contributed by atoms with Gasteiger partial charge in [0.15, 0.2) is 6.61 Å². The summed E-state index contributed by atoms with van der Waals surface area (Å²) in [6, 6.07) is 5.03. The van der Waals surface area contributed by atoms with Crippen LogP contribution in [0, 0.1) is 6.92 Å². The van der Waals surface area contributed by atoms with Gasteiger partial charge in [0, 0.05) is 0 Å². The van der Waals surface area contributed by atoms with Crippen molar-refractivity contribution in [1.29, 1.82) is 0 Å². The minimum absolute atomic E-state index is 0.263. The molecule has 1 aromatic rings. The highest BCUT2D eigenvalue weighted by Gasteiger charge is 2.28. The number of ether oxygens (including phenoxy) is 1. The van der Waals surface area contributed by atoms with Gasteiger partial charge >= 0.3 is 6.18 Å². The summed E-state index contributed by atoms with van der Waals surface area (Å²) in [5.74, 6) is 0.621. The van der Waals surface area contributed by atoms with Crippen LogP contribution < -0.4 is 4.74 Å². The fourth-order valence-corrected chi connectivity index (χ4v) is 1.55. The Balaban J connectivity index is 2.74. The average Bonchev–Trinajstić information content (AvgIpc) is 2.13. The Morgan fingerprint density at radius 1 is 1.25 bits per heavy atom.